The van der Waals surface area contributed by atoms with Crippen LogP contribution in [0.15, 0.2) is 22.7 Å². The average molecular weight is 261 g/mol. The highest BCUT2D eigenvalue weighted by molar-refractivity contribution is 9.10. The van der Waals surface area contributed by atoms with Crippen molar-refractivity contribution in [3.05, 3.63) is 34.1 Å². The molecule has 1 atom stereocenters. The summed E-state index contributed by atoms with van der Waals surface area (Å²) < 4.78 is 13.8. The molecule has 14 heavy (non-hydrogen) atoms. The van der Waals surface area contributed by atoms with Gasteiger partial charge in [-0.1, -0.05) is 22.9 Å². The van der Waals surface area contributed by atoms with Gasteiger partial charge in [-0.15, -0.1) is 0 Å². The van der Waals surface area contributed by atoms with Gasteiger partial charge in [0.2, 0.25) is 0 Å². The lowest BCUT2D eigenvalue weighted by Gasteiger charge is -2.07. The number of Topliss-reactive ketones (excluding diaryl/α,β-unsaturated/α-hetero) is 1. The number of carbonyl (C=O) groups excluding carboxylic acids is 1. The van der Waals surface area contributed by atoms with E-state index < -0.39 is 17.7 Å². The SMILES string of the molecule is CCC(O)C(=O)c1cc(Br)ccc1F. The molecular formula is C10H10BrFO2. The Hall–Kier alpha value is -0.740. The van der Waals surface area contributed by atoms with Gasteiger partial charge in [-0.05, 0) is 24.6 Å². The zero-order chi connectivity index (χ0) is 10.7. The lowest BCUT2D eigenvalue weighted by atomic mass is 10.0. The van der Waals surface area contributed by atoms with Gasteiger partial charge in [-0.25, -0.2) is 4.39 Å². The van der Waals surface area contributed by atoms with Crippen LogP contribution in [0.3, 0.4) is 0 Å². The van der Waals surface area contributed by atoms with Crippen LogP contribution in [-0.4, -0.2) is 17.0 Å². The predicted molar refractivity (Wildman–Crippen MR) is 54.7 cm³/mol. The van der Waals surface area contributed by atoms with Crippen LogP contribution in [0.1, 0.15) is 23.7 Å². The highest BCUT2D eigenvalue weighted by Crippen LogP contribution is 2.17. The van der Waals surface area contributed by atoms with Crippen LogP contribution in [0, 0.1) is 5.82 Å². The molecule has 0 radical (unpaired) electrons. The molecule has 1 N–H and O–H groups in total. The summed E-state index contributed by atoms with van der Waals surface area (Å²) in [6.45, 7) is 1.67. The summed E-state index contributed by atoms with van der Waals surface area (Å²) in [5.41, 5.74) is -0.0753. The van der Waals surface area contributed by atoms with Crippen molar-refractivity contribution in [2.45, 2.75) is 19.4 Å². The minimum absolute atomic E-state index is 0.0753. The second-order valence-electron chi connectivity index (χ2n) is 2.91. The maximum atomic E-state index is 13.2. The Bertz CT molecular complexity index is 352. The van der Waals surface area contributed by atoms with Crippen LogP contribution in [0.4, 0.5) is 4.39 Å². The second kappa shape index (κ2) is 4.66. The second-order valence-corrected chi connectivity index (χ2v) is 3.83. The van der Waals surface area contributed by atoms with Gasteiger partial charge in [0.25, 0.3) is 0 Å². The first-order valence-corrected chi connectivity index (χ1v) is 5.03. The number of aliphatic hydroxyl groups is 1. The van der Waals surface area contributed by atoms with Gasteiger partial charge in [0, 0.05) is 4.47 Å². The Kier molecular flexibility index (Phi) is 3.77. The van der Waals surface area contributed by atoms with Crippen molar-refractivity contribution in [3.8, 4) is 0 Å². The number of halogens is 2. The summed E-state index contributed by atoms with van der Waals surface area (Å²) in [5.74, 6) is -1.18. The topological polar surface area (TPSA) is 37.3 Å². The molecule has 0 spiro atoms. The van der Waals surface area contributed by atoms with E-state index in [2.05, 4.69) is 15.9 Å². The third-order valence-corrected chi connectivity index (χ3v) is 2.38. The Labute approximate surface area is 89.9 Å². The summed E-state index contributed by atoms with van der Waals surface area (Å²) in [4.78, 5) is 11.4. The number of carbonyl (C=O) groups is 1. The molecule has 4 heteroatoms. The van der Waals surface area contributed by atoms with Crippen molar-refractivity contribution in [3.63, 3.8) is 0 Å². The molecule has 1 rings (SSSR count). The summed E-state index contributed by atoms with van der Waals surface area (Å²) in [5, 5.41) is 9.26. The van der Waals surface area contributed by atoms with Gasteiger partial charge in [-0.2, -0.15) is 0 Å². The molecule has 76 valence electrons. The van der Waals surface area contributed by atoms with E-state index in [1.807, 2.05) is 0 Å². The van der Waals surface area contributed by atoms with Gasteiger partial charge < -0.3 is 5.11 Å². The largest absolute Gasteiger partial charge is 0.385 e. The molecule has 0 aliphatic rings. The van der Waals surface area contributed by atoms with Crippen LogP contribution in [-0.2, 0) is 0 Å². The predicted octanol–water partition coefficient (Wildman–Crippen LogP) is 2.54. The van der Waals surface area contributed by atoms with Crippen LogP contribution in [0.25, 0.3) is 0 Å². The molecule has 0 aliphatic carbocycles. The standard InChI is InChI=1S/C10H10BrFO2/c1-2-9(13)10(14)7-5-6(11)3-4-8(7)12/h3-5,9,13H,2H2,1H3. The van der Waals surface area contributed by atoms with Gasteiger partial charge in [-0.3, -0.25) is 4.79 Å². The van der Waals surface area contributed by atoms with E-state index >= 15 is 0 Å². The number of hydrogen-bond acceptors (Lipinski definition) is 2. The van der Waals surface area contributed by atoms with E-state index in [1.165, 1.54) is 18.2 Å². The molecule has 1 unspecified atom stereocenters. The molecule has 0 fully saturated rings. The van der Waals surface area contributed by atoms with E-state index in [1.54, 1.807) is 6.92 Å². The highest BCUT2D eigenvalue weighted by Gasteiger charge is 2.18. The number of ketones is 1. The van der Waals surface area contributed by atoms with Crippen molar-refractivity contribution < 1.29 is 14.3 Å². The molecule has 0 saturated heterocycles. The van der Waals surface area contributed by atoms with Crippen LogP contribution in [0.2, 0.25) is 0 Å². The lowest BCUT2D eigenvalue weighted by molar-refractivity contribution is 0.0736. The highest BCUT2D eigenvalue weighted by atomic mass is 79.9. The minimum atomic E-state index is -1.13. The van der Waals surface area contributed by atoms with Crippen LogP contribution >= 0.6 is 15.9 Å². The van der Waals surface area contributed by atoms with Crippen LogP contribution in [0.5, 0.6) is 0 Å². The maximum absolute atomic E-state index is 13.2. The molecular weight excluding hydrogens is 251 g/mol. The Balaban J connectivity index is 3.06. The fourth-order valence-corrected chi connectivity index (χ4v) is 1.41. The fourth-order valence-electron chi connectivity index (χ4n) is 1.05. The van der Waals surface area contributed by atoms with E-state index in [0.717, 1.165) is 0 Å². The minimum Gasteiger partial charge on any atom is -0.385 e. The normalized spacial score (nSPS) is 12.6. The van der Waals surface area contributed by atoms with Crippen molar-refractivity contribution >= 4 is 21.7 Å². The van der Waals surface area contributed by atoms with E-state index in [-0.39, 0.29) is 12.0 Å². The summed E-state index contributed by atoms with van der Waals surface area (Å²) in [6, 6.07) is 4.07. The number of hydrogen-bond donors (Lipinski definition) is 1. The van der Waals surface area contributed by atoms with E-state index in [0.29, 0.717) is 4.47 Å². The molecule has 0 aromatic heterocycles. The Morgan fingerprint density at radius 3 is 2.86 bits per heavy atom. The monoisotopic (exact) mass is 260 g/mol. The first-order valence-electron chi connectivity index (χ1n) is 4.23. The number of aliphatic hydroxyl groups excluding tert-OH is 1. The molecule has 2 nitrogen and oxygen atoms in total. The fraction of sp³-hybridized carbons (Fsp3) is 0.300. The van der Waals surface area contributed by atoms with E-state index in [9.17, 15) is 14.3 Å². The molecule has 0 aliphatic heterocycles. The van der Waals surface area contributed by atoms with E-state index in [4.69, 9.17) is 0 Å². The average Bonchev–Trinajstić information content (AvgIpc) is 2.19. The van der Waals surface area contributed by atoms with Gasteiger partial charge in [0.15, 0.2) is 5.78 Å². The number of rotatable bonds is 3. The molecule has 0 heterocycles. The molecule has 0 saturated carbocycles. The van der Waals surface area contributed by atoms with Crippen LogP contribution < -0.4 is 0 Å². The van der Waals surface area contributed by atoms with Crippen molar-refractivity contribution in [2.75, 3.05) is 0 Å². The summed E-state index contributed by atoms with van der Waals surface area (Å²) >= 11 is 3.14. The van der Waals surface area contributed by atoms with Crippen molar-refractivity contribution in [2.24, 2.45) is 0 Å². The molecule has 0 amide bonds. The lowest BCUT2D eigenvalue weighted by Crippen LogP contribution is -2.20. The summed E-state index contributed by atoms with van der Waals surface area (Å²) in [7, 11) is 0. The summed E-state index contributed by atoms with van der Waals surface area (Å²) in [6.07, 6.45) is -0.844. The van der Waals surface area contributed by atoms with Gasteiger partial charge in [0.05, 0.1) is 5.56 Å². The third-order valence-electron chi connectivity index (χ3n) is 1.88. The first-order chi connectivity index (χ1) is 6.56. The maximum Gasteiger partial charge on any atom is 0.194 e. The molecule has 1 aromatic rings. The third kappa shape index (κ3) is 2.39. The zero-order valence-electron chi connectivity index (χ0n) is 7.63. The smallest absolute Gasteiger partial charge is 0.194 e. The molecule has 0 bridgehead atoms. The quantitative estimate of drug-likeness (QED) is 0.849. The van der Waals surface area contributed by atoms with Gasteiger partial charge >= 0.3 is 0 Å². The van der Waals surface area contributed by atoms with Crippen molar-refractivity contribution in [1.29, 1.82) is 0 Å². The zero-order valence-corrected chi connectivity index (χ0v) is 9.21. The van der Waals surface area contributed by atoms with Crippen molar-refractivity contribution in [1.82, 2.24) is 0 Å². The first kappa shape index (κ1) is 11.3. The van der Waals surface area contributed by atoms with Gasteiger partial charge in [0.1, 0.15) is 11.9 Å². The Morgan fingerprint density at radius 1 is 1.64 bits per heavy atom. The Morgan fingerprint density at radius 2 is 2.29 bits per heavy atom. The molecule has 1 aromatic carbocycles. The number of benzene rings is 1.